The molecule has 9 nitrogen and oxygen atoms in total. The maximum absolute atomic E-state index is 12.4. The van der Waals surface area contributed by atoms with Crippen LogP contribution in [0.4, 0.5) is 4.79 Å². The van der Waals surface area contributed by atoms with Crippen LogP contribution in [0.15, 0.2) is 35.1 Å². The molecular formula is C16H20N4O5S. The third-order valence-electron chi connectivity index (χ3n) is 3.99. The molecule has 0 spiro atoms. The molecule has 0 radical (unpaired) electrons. The fraction of sp³-hybridized carbons (Fsp3) is 0.375. The molecule has 1 saturated heterocycles. The van der Waals surface area contributed by atoms with Crippen LogP contribution in [-0.2, 0) is 14.8 Å². The quantitative estimate of drug-likeness (QED) is 0.576. The maximum Gasteiger partial charge on any atom is 0.329 e. The number of fused-ring (bicyclic) bond motifs is 1. The van der Waals surface area contributed by atoms with Crippen molar-refractivity contribution in [3.8, 4) is 5.75 Å². The van der Waals surface area contributed by atoms with Crippen LogP contribution < -0.4 is 20.1 Å². The van der Waals surface area contributed by atoms with Gasteiger partial charge in [0.25, 0.3) is 10.0 Å². The number of allylic oxidation sites excluding steroid dienone is 1. The molecule has 2 amide bonds. The zero-order chi connectivity index (χ0) is 18.6. The summed E-state index contributed by atoms with van der Waals surface area (Å²) >= 11 is 0. The molecule has 0 saturated carbocycles. The lowest BCUT2D eigenvalue weighted by Crippen LogP contribution is -2.43. The Morgan fingerprint density at radius 1 is 1.27 bits per heavy atom. The van der Waals surface area contributed by atoms with Crippen LogP contribution >= 0.6 is 0 Å². The highest BCUT2D eigenvalue weighted by molar-refractivity contribution is 7.94. The number of rotatable bonds is 4. The molecule has 1 unspecified atom stereocenters. The Hall–Kier alpha value is -2.75. The van der Waals surface area contributed by atoms with Crippen molar-refractivity contribution in [1.82, 2.24) is 15.4 Å². The first-order chi connectivity index (χ1) is 12.5. The van der Waals surface area contributed by atoms with Crippen molar-refractivity contribution in [2.24, 2.45) is 0 Å². The summed E-state index contributed by atoms with van der Waals surface area (Å²) in [6.07, 6.45) is 1.90. The van der Waals surface area contributed by atoms with E-state index in [4.69, 9.17) is 14.9 Å². The number of benzene rings is 1. The summed E-state index contributed by atoms with van der Waals surface area (Å²) in [6, 6.07) is 6.02. The van der Waals surface area contributed by atoms with Crippen molar-refractivity contribution < 1.29 is 22.7 Å². The predicted molar refractivity (Wildman–Crippen MR) is 94.3 cm³/mol. The van der Waals surface area contributed by atoms with Crippen molar-refractivity contribution >= 4 is 22.3 Å². The fourth-order valence-electron chi connectivity index (χ4n) is 2.78. The Morgan fingerprint density at radius 3 is 2.81 bits per heavy atom. The molecule has 0 aliphatic carbocycles. The predicted octanol–water partition coefficient (Wildman–Crippen LogP) is 0.968. The Morgan fingerprint density at radius 2 is 2.08 bits per heavy atom. The van der Waals surface area contributed by atoms with Gasteiger partial charge in [0, 0.05) is 24.7 Å². The second-order valence-electron chi connectivity index (χ2n) is 5.77. The monoisotopic (exact) mass is 380 g/mol. The van der Waals surface area contributed by atoms with E-state index in [9.17, 15) is 13.2 Å². The van der Waals surface area contributed by atoms with E-state index < -0.39 is 21.0 Å². The smallest absolute Gasteiger partial charge is 0.329 e. The van der Waals surface area contributed by atoms with Gasteiger partial charge in [0.15, 0.2) is 4.91 Å². The number of urea groups is 1. The molecule has 1 atom stereocenters. The van der Waals surface area contributed by atoms with Crippen LogP contribution in [0.1, 0.15) is 24.4 Å². The molecule has 1 fully saturated rings. The molecule has 3 rings (SSSR count). The van der Waals surface area contributed by atoms with Gasteiger partial charge in [0.05, 0.1) is 19.3 Å². The molecule has 1 aromatic carbocycles. The second-order valence-corrected chi connectivity index (χ2v) is 7.42. The van der Waals surface area contributed by atoms with E-state index in [-0.39, 0.29) is 11.9 Å². The molecule has 2 heterocycles. The standard InChI is InChI=1S/C16H20N4O5S/c17-10-14(15-18-7-3-8-25-15)26(22,23)20-16(21)19-12-6-9-24-13-5-2-1-4-11(12)13/h1-2,4-5,10,12,17-18H,3,6-9H2,(H2,19,20,21)/b15-14-,17-10?. The average Bonchev–Trinajstić information content (AvgIpc) is 2.63. The van der Waals surface area contributed by atoms with E-state index in [1.807, 2.05) is 22.9 Å². The molecule has 140 valence electrons. The van der Waals surface area contributed by atoms with Gasteiger partial charge < -0.3 is 25.5 Å². The lowest BCUT2D eigenvalue weighted by Gasteiger charge is -2.26. The number of sulfonamides is 1. The van der Waals surface area contributed by atoms with Gasteiger partial charge in [-0.05, 0) is 12.5 Å². The largest absolute Gasteiger partial charge is 0.493 e. The van der Waals surface area contributed by atoms with Crippen LogP contribution in [0.3, 0.4) is 0 Å². The van der Waals surface area contributed by atoms with Crippen LogP contribution in [0.2, 0.25) is 0 Å². The SMILES string of the molecule is N=C/C(=C1\NCCCO1)S(=O)(=O)NC(=O)NC1CCOc2ccccc21. The van der Waals surface area contributed by atoms with E-state index in [1.165, 1.54) is 0 Å². The van der Waals surface area contributed by atoms with E-state index in [2.05, 4.69) is 10.6 Å². The maximum atomic E-state index is 12.4. The van der Waals surface area contributed by atoms with Gasteiger partial charge >= 0.3 is 6.03 Å². The molecule has 2 aliphatic rings. The molecule has 1 aromatic rings. The highest BCUT2D eigenvalue weighted by Crippen LogP contribution is 2.31. The van der Waals surface area contributed by atoms with Gasteiger partial charge in [-0.2, -0.15) is 0 Å². The fourth-order valence-corrected chi connectivity index (χ4v) is 3.72. The number of carbonyl (C=O) groups is 1. The van der Waals surface area contributed by atoms with Crippen molar-refractivity contribution in [2.75, 3.05) is 19.8 Å². The molecule has 0 bridgehead atoms. The first-order valence-electron chi connectivity index (χ1n) is 8.18. The summed E-state index contributed by atoms with van der Waals surface area (Å²) < 4.78 is 37.6. The number of hydrogen-bond donors (Lipinski definition) is 4. The number of para-hydroxylation sites is 1. The van der Waals surface area contributed by atoms with Crippen molar-refractivity contribution in [2.45, 2.75) is 18.9 Å². The van der Waals surface area contributed by atoms with Crippen LogP contribution in [0.5, 0.6) is 5.75 Å². The number of ether oxygens (including phenoxy) is 2. The van der Waals surface area contributed by atoms with Crippen LogP contribution in [-0.4, -0.2) is 40.4 Å². The zero-order valence-electron chi connectivity index (χ0n) is 13.9. The molecule has 26 heavy (non-hydrogen) atoms. The van der Waals surface area contributed by atoms with Crippen LogP contribution in [0, 0.1) is 5.41 Å². The van der Waals surface area contributed by atoms with Gasteiger partial charge in [-0.1, -0.05) is 18.2 Å². The van der Waals surface area contributed by atoms with E-state index in [0.717, 1.165) is 12.0 Å². The summed E-state index contributed by atoms with van der Waals surface area (Å²) in [5.74, 6) is 0.636. The summed E-state index contributed by atoms with van der Waals surface area (Å²) in [4.78, 5) is 11.8. The number of carbonyl (C=O) groups excluding carboxylic acids is 1. The Kier molecular flexibility index (Phi) is 5.31. The molecule has 10 heteroatoms. The Balaban J connectivity index is 1.72. The number of hydrogen-bond acceptors (Lipinski definition) is 7. The molecule has 0 aromatic heterocycles. The van der Waals surface area contributed by atoms with Gasteiger partial charge in [0.2, 0.25) is 5.88 Å². The summed E-state index contributed by atoms with van der Waals surface area (Å²) in [5.41, 5.74) is 0.786. The lowest BCUT2D eigenvalue weighted by molar-refractivity contribution is 0.157. The Bertz CT molecular complexity index is 829. The molecule has 2 aliphatic heterocycles. The third kappa shape index (κ3) is 3.90. The van der Waals surface area contributed by atoms with Crippen molar-refractivity contribution in [3.63, 3.8) is 0 Å². The molecule has 4 N–H and O–H groups in total. The highest BCUT2D eigenvalue weighted by Gasteiger charge is 2.28. The van der Waals surface area contributed by atoms with E-state index >= 15 is 0 Å². The number of nitrogens with one attached hydrogen (secondary N) is 4. The minimum atomic E-state index is -4.24. The number of amides is 2. The van der Waals surface area contributed by atoms with E-state index in [0.29, 0.717) is 38.1 Å². The second kappa shape index (κ2) is 7.65. The summed E-state index contributed by atoms with van der Waals surface area (Å²) in [5, 5.41) is 12.8. The van der Waals surface area contributed by atoms with Crippen molar-refractivity contribution in [1.29, 1.82) is 5.41 Å². The van der Waals surface area contributed by atoms with E-state index in [1.54, 1.807) is 6.07 Å². The lowest BCUT2D eigenvalue weighted by atomic mass is 10.0. The topological polar surface area (TPSA) is 130 Å². The van der Waals surface area contributed by atoms with Crippen LogP contribution in [0.25, 0.3) is 0 Å². The first-order valence-corrected chi connectivity index (χ1v) is 9.66. The summed E-state index contributed by atoms with van der Waals surface area (Å²) in [7, 11) is -4.24. The van der Waals surface area contributed by atoms with Gasteiger partial charge in [-0.15, -0.1) is 0 Å². The minimum Gasteiger partial charge on any atom is -0.493 e. The average molecular weight is 380 g/mol. The van der Waals surface area contributed by atoms with Gasteiger partial charge in [0.1, 0.15) is 5.75 Å². The summed E-state index contributed by atoms with van der Waals surface area (Å²) in [6.45, 7) is 1.30. The zero-order valence-corrected chi connectivity index (χ0v) is 14.8. The highest BCUT2D eigenvalue weighted by atomic mass is 32.2. The van der Waals surface area contributed by atoms with Crippen molar-refractivity contribution in [3.05, 3.63) is 40.6 Å². The third-order valence-corrected chi connectivity index (χ3v) is 5.32. The normalized spacial score (nSPS) is 21.2. The molecular weight excluding hydrogens is 360 g/mol. The minimum absolute atomic E-state index is 0.0250. The van der Waals surface area contributed by atoms with Gasteiger partial charge in [-0.25, -0.2) is 17.9 Å². The van der Waals surface area contributed by atoms with Gasteiger partial charge in [-0.3, -0.25) is 0 Å². The Labute approximate surface area is 151 Å². The first kappa shape index (κ1) is 18.1.